The van der Waals surface area contributed by atoms with Crippen LogP contribution in [0.3, 0.4) is 0 Å². The maximum Gasteiger partial charge on any atom is 0.430 e. The number of aromatic amines is 2. The van der Waals surface area contributed by atoms with Crippen LogP contribution in [0.1, 0.15) is 23.5 Å². The molecule has 1 amide bonds. The van der Waals surface area contributed by atoms with Crippen molar-refractivity contribution < 1.29 is 42.0 Å². The molecule has 3 aromatic heterocycles. The number of imidazole rings is 1. The van der Waals surface area contributed by atoms with E-state index in [2.05, 4.69) is 15.3 Å². The number of carboxylic acids is 1. The van der Waals surface area contributed by atoms with Crippen molar-refractivity contribution in [2.75, 3.05) is 13.2 Å². The van der Waals surface area contributed by atoms with Crippen LogP contribution in [0.2, 0.25) is 0 Å². The topological polar surface area (TPSA) is 112 Å². The maximum atomic E-state index is 12.8. The summed E-state index contributed by atoms with van der Waals surface area (Å²) in [4.78, 5) is 27.9. The number of aliphatic carboxylic acids is 1. The number of alkyl halides is 3. The third-order valence-electron chi connectivity index (χ3n) is 4.61. The largest absolute Gasteiger partial charge is 0.542 e. The number of amides is 1. The van der Waals surface area contributed by atoms with Gasteiger partial charge in [0.2, 0.25) is 0 Å². The Morgan fingerprint density at radius 2 is 1.81 bits per heavy atom. The van der Waals surface area contributed by atoms with E-state index in [1.807, 2.05) is 53.3 Å². The third kappa shape index (κ3) is 5.57. The predicted molar refractivity (Wildman–Crippen MR) is 98.3 cm³/mol. The van der Waals surface area contributed by atoms with E-state index < -0.39 is 12.1 Å². The SMILES string of the molecule is O=C(NC1CCOCC1)c1[nH]c(-c2cc[nH+]cc2)c2cccc[n+]12.O=C([O-])C(F)(F)F. The number of halogens is 3. The second kappa shape index (κ2) is 9.56. The highest BCUT2D eigenvalue weighted by atomic mass is 19.4. The van der Waals surface area contributed by atoms with Crippen molar-refractivity contribution in [2.45, 2.75) is 25.1 Å². The molecule has 1 aliphatic rings. The summed E-state index contributed by atoms with van der Waals surface area (Å²) in [6, 6.07) is 10.0. The number of H-pyrrole nitrogens is 2. The molecule has 1 fully saturated rings. The lowest BCUT2D eigenvalue weighted by molar-refractivity contribution is -0.514. The molecule has 0 aromatic carbocycles. The van der Waals surface area contributed by atoms with Crippen LogP contribution in [0.5, 0.6) is 0 Å². The Hall–Kier alpha value is -3.47. The van der Waals surface area contributed by atoms with Crippen LogP contribution in [0.15, 0.2) is 48.9 Å². The number of carbonyl (C=O) groups excluding carboxylic acids is 2. The lowest BCUT2D eigenvalue weighted by Gasteiger charge is -2.22. The third-order valence-corrected chi connectivity index (χ3v) is 4.61. The van der Waals surface area contributed by atoms with Gasteiger partial charge in [-0.1, -0.05) is 6.07 Å². The first-order valence-electron chi connectivity index (χ1n) is 9.43. The molecule has 0 unspecified atom stereocenters. The number of carbonyl (C=O) groups is 2. The molecule has 3 N–H and O–H groups in total. The van der Waals surface area contributed by atoms with Gasteiger partial charge in [0, 0.05) is 37.0 Å². The number of nitrogens with zero attached hydrogens (tertiary/aromatic N) is 1. The summed E-state index contributed by atoms with van der Waals surface area (Å²) in [7, 11) is 0. The standard InChI is InChI=1S/C18H18N4O2.C2HF3O2/c23-18(20-14-6-11-24-12-7-14)17-21-16(13-4-8-19-9-5-13)15-3-1-2-10-22(15)17;3-2(4,5)1(6)7/h1-5,8-10,14H,6-7,11-12H2,(H,20,23);(H,6,7)/p+1. The van der Waals surface area contributed by atoms with Gasteiger partial charge in [-0.05, 0) is 25.0 Å². The van der Waals surface area contributed by atoms with Crippen LogP contribution in [0.25, 0.3) is 16.8 Å². The molecular weight excluding hydrogens is 417 g/mol. The minimum absolute atomic E-state index is 0.0863. The molecule has 11 heteroatoms. The molecule has 4 heterocycles. The molecule has 3 aromatic rings. The highest BCUT2D eigenvalue weighted by Gasteiger charge is 2.29. The number of ether oxygens (including phenoxy) is 1. The summed E-state index contributed by atoms with van der Waals surface area (Å²) in [6.45, 7) is 1.41. The number of nitrogens with one attached hydrogen (secondary N) is 3. The zero-order valence-corrected chi connectivity index (χ0v) is 16.2. The highest BCUT2D eigenvalue weighted by molar-refractivity contribution is 5.91. The van der Waals surface area contributed by atoms with E-state index in [0.29, 0.717) is 19.0 Å². The number of rotatable bonds is 3. The summed E-state index contributed by atoms with van der Waals surface area (Å²) in [5.41, 5.74) is 2.94. The molecule has 1 saturated heterocycles. The van der Waals surface area contributed by atoms with Gasteiger partial charge in [0.15, 0.2) is 23.6 Å². The summed E-state index contributed by atoms with van der Waals surface area (Å²) in [6.07, 6.45) is 2.17. The van der Waals surface area contributed by atoms with Crippen LogP contribution < -0.4 is 19.8 Å². The van der Waals surface area contributed by atoms with E-state index in [9.17, 15) is 18.0 Å². The van der Waals surface area contributed by atoms with Gasteiger partial charge in [0.05, 0.1) is 6.20 Å². The average Bonchev–Trinajstić information content (AvgIpc) is 3.15. The molecule has 0 saturated carbocycles. The molecule has 0 aliphatic carbocycles. The molecule has 4 rings (SSSR count). The highest BCUT2D eigenvalue weighted by Crippen LogP contribution is 2.20. The van der Waals surface area contributed by atoms with Gasteiger partial charge in [0.1, 0.15) is 5.97 Å². The number of fused-ring (bicyclic) bond motifs is 1. The number of hydrogen-bond acceptors (Lipinski definition) is 4. The summed E-state index contributed by atoms with van der Waals surface area (Å²) in [5, 5.41) is 11.9. The number of pyridine rings is 2. The Labute approximate surface area is 174 Å². The Bertz CT molecular complexity index is 1050. The van der Waals surface area contributed by atoms with Crippen molar-refractivity contribution in [3.8, 4) is 11.3 Å². The number of aromatic nitrogens is 3. The Morgan fingerprint density at radius 1 is 1.16 bits per heavy atom. The lowest BCUT2D eigenvalue weighted by Crippen LogP contribution is -2.42. The van der Waals surface area contributed by atoms with Gasteiger partial charge < -0.3 is 20.0 Å². The molecule has 31 heavy (non-hydrogen) atoms. The van der Waals surface area contributed by atoms with E-state index in [0.717, 1.165) is 29.6 Å². The van der Waals surface area contributed by atoms with Crippen LogP contribution >= 0.6 is 0 Å². The maximum absolute atomic E-state index is 12.8. The first-order chi connectivity index (χ1) is 14.8. The van der Waals surface area contributed by atoms with Gasteiger partial charge >= 0.3 is 17.9 Å². The second-order valence-electron chi connectivity index (χ2n) is 6.74. The number of hydrogen-bond donors (Lipinski definition) is 2. The van der Waals surface area contributed by atoms with E-state index in [-0.39, 0.29) is 11.9 Å². The van der Waals surface area contributed by atoms with Crippen LogP contribution in [0.4, 0.5) is 13.2 Å². The van der Waals surface area contributed by atoms with Crippen molar-refractivity contribution in [3.05, 3.63) is 54.7 Å². The minimum Gasteiger partial charge on any atom is -0.542 e. The summed E-state index contributed by atoms with van der Waals surface area (Å²) in [5.74, 6) is -2.55. The Morgan fingerprint density at radius 3 is 2.42 bits per heavy atom. The smallest absolute Gasteiger partial charge is 0.430 e. The van der Waals surface area contributed by atoms with Crippen LogP contribution in [0, 0.1) is 0 Å². The van der Waals surface area contributed by atoms with E-state index in [4.69, 9.17) is 14.6 Å². The van der Waals surface area contributed by atoms with Gasteiger partial charge in [0.25, 0.3) is 0 Å². The van der Waals surface area contributed by atoms with Crippen molar-refractivity contribution in [2.24, 2.45) is 0 Å². The fourth-order valence-corrected chi connectivity index (χ4v) is 3.12. The van der Waals surface area contributed by atoms with E-state index >= 15 is 0 Å². The average molecular weight is 437 g/mol. The van der Waals surface area contributed by atoms with Gasteiger partial charge in [-0.15, -0.1) is 0 Å². The fraction of sp³-hybridized carbons (Fsp3) is 0.300. The Balaban J connectivity index is 0.000000339. The zero-order chi connectivity index (χ0) is 22.4. The Kier molecular flexibility index (Phi) is 6.85. The van der Waals surface area contributed by atoms with E-state index in [1.54, 1.807) is 0 Å². The molecule has 8 nitrogen and oxygen atoms in total. The van der Waals surface area contributed by atoms with Crippen LogP contribution in [-0.2, 0) is 9.53 Å². The lowest BCUT2D eigenvalue weighted by atomic mass is 10.1. The molecule has 0 bridgehead atoms. The fourth-order valence-electron chi connectivity index (χ4n) is 3.12. The molecule has 0 atom stereocenters. The molecule has 0 radical (unpaired) electrons. The summed E-state index contributed by atoms with van der Waals surface area (Å²) < 4.78 is 38.8. The minimum atomic E-state index is -5.19. The first-order valence-corrected chi connectivity index (χ1v) is 9.43. The van der Waals surface area contributed by atoms with Gasteiger partial charge in [-0.3, -0.25) is 4.79 Å². The first kappa shape index (κ1) is 22.2. The molecule has 0 spiro atoms. The van der Waals surface area contributed by atoms with E-state index in [1.165, 1.54) is 0 Å². The van der Waals surface area contributed by atoms with Crippen molar-refractivity contribution in [3.63, 3.8) is 0 Å². The normalized spacial score (nSPS) is 14.5. The van der Waals surface area contributed by atoms with Gasteiger partial charge in [-0.2, -0.15) is 17.6 Å². The second-order valence-corrected chi connectivity index (χ2v) is 6.74. The zero-order valence-electron chi connectivity index (χ0n) is 16.2. The quantitative estimate of drug-likeness (QED) is 0.579. The van der Waals surface area contributed by atoms with Crippen molar-refractivity contribution >= 4 is 17.4 Å². The van der Waals surface area contributed by atoms with Crippen molar-refractivity contribution in [1.29, 1.82) is 0 Å². The molecule has 1 aliphatic heterocycles. The monoisotopic (exact) mass is 437 g/mol. The van der Waals surface area contributed by atoms with Crippen LogP contribution in [-0.4, -0.2) is 42.3 Å². The summed E-state index contributed by atoms with van der Waals surface area (Å²) >= 11 is 0. The molecule has 164 valence electrons. The predicted octanol–water partition coefficient (Wildman–Crippen LogP) is 0.442. The van der Waals surface area contributed by atoms with Gasteiger partial charge in [-0.25, -0.2) is 9.97 Å². The molecular formula is C20H20F3N4O4+. The number of carboxylic acid groups (broad SMARTS) is 1. The van der Waals surface area contributed by atoms with Crippen molar-refractivity contribution in [1.82, 2.24) is 10.3 Å².